The van der Waals surface area contributed by atoms with Gasteiger partial charge in [-0.1, -0.05) is 18.2 Å². The van der Waals surface area contributed by atoms with Gasteiger partial charge in [-0.3, -0.25) is 9.29 Å². The first-order valence-corrected chi connectivity index (χ1v) is 13.4. The first-order chi connectivity index (χ1) is 19.1. The van der Waals surface area contributed by atoms with Gasteiger partial charge in [-0.15, -0.1) is 0 Å². The van der Waals surface area contributed by atoms with Gasteiger partial charge < -0.3 is 24.1 Å². The number of carbonyl (C=O) groups is 1. The summed E-state index contributed by atoms with van der Waals surface area (Å²) in [5, 5.41) is 1.08. The number of pyridine rings is 1. The lowest BCUT2D eigenvalue weighted by Crippen LogP contribution is -2.40. The Morgan fingerprint density at radius 1 is 1.25 bits per heavy atom. The van der Waals surface area contributed by atoms with Gasteiger partial charge in [-0.2, -0.15) is 0 Å². The Balaban J connectivity index is 1.55. The van der Waals surface area contributed by atoms with Crippen LogP contribution in [-0.2, 0) is 11.2 Å². The molecule has 1 aromatic carbocycles. The fourth-order valence-corrected chi connectivity index (χ4v) is 5.04. The van der Waals surface area contributed by atoms with Crippen LogP contribution in [-0.4, -0.2) is 84.5 Å². The molecule has 0 spiro atoms. The van der Waals surface area contributed by atoms with E-state index in [1.165, 1.54) is 12.0 Å². The van der Waals surface area contributed by atoms with Gasteiger partial charge in [-0.25, -0.2) is 18.6 Å². The van der Waals surface area contributed by atoms with Crippen molar-refractivity contribution in [3.05, 3.63) is 53.3 Å². The smallest absolute Gasteiger partial charge is 0.410 e. The van der Waals surface area contributed by atoms with E-state index in [4.69, 9.17) is 14.2 Å². The predicted molar refractivity (Wildman–Crippen MR) is 146 cm³/mol. The molecule has 1 unspecified atom stereocenters. The third kappa shape index (κ3) is 6.99. The van der Waals surface area contributed by atoms with Gasteiger partial charge in [0, 0.05) is 47.5 Å². The van der Waals surface area contributed by atoms with Crippen molar-refractivity contribution in [1.82, 2.24) is 19.8 Å². The lowest BCUT2D eigenvalue weighted by atomic mass is 9.92. The minimum absolute atomic E-state index is 0.0914. The predicted octanol–water partition coefficient (Wildman–Crippen LogP) is 5.76. The van der Waals surface area contributed by atoms with Gasteiger partial charge in [0.05, 0.1) is 32.9 Å². The highest BCUT2D eigenvalue weighted by Crippen LogP contribution is 2.42. The highest BCUT2D eigenvalue weighted by atomic mass is 19.3. The number of carbonyl (C=O) groups excluding carboxylic acids is 1. The number of rotatable bonds is 11. The molecule has 1 atom stereocenters. The number of H-pyrrole nitrogens is 1. The maximum Gasteiger partial charge on any atom is 0.410 e. The van der Waals surface area contributed by atoms with E-state index in [2.05, 4.69) is 9.97 Å². The van der Waals surface area contributed by atoms with Gasteiger partial charge in [0.1, 0.15) is 18.0 Å². The third-order valence-electron chi connectivity index (χ3n) is 6.72. The summed E-state index contributed by atoms with van der Waals surface area (Å²) < 4.78 is 56.9. The topological polar surface area (TPSA) is 79.9 Å². The van der Waals surface area contributed by atoms with Crippen molar-refractivity contribution in [2.45, 2.75) is 51.7 Å². The van der Waals surface area contributed by atoms with Crippen LogP contribution in [0.2, 0.25) is 0 Å². The summed E-state index contributed by atoms with van der Waals surface area (Å²) in [6.07, 6.45) is -0.620. The number of hydrogen-bond donors (Lipinski definition) is 1. The van der Waals surface area contributed by atoms with Crippen molar-refractivity contribution in [3.8, 4) is 11.6 Å². The van der Waals surface area contributed by atoms with Crippen LogP contribution in [0.25, 0.3) is 10.9 Å². The molecule has 4 rings (SSSR count). The maximum atomic E-state index is 13.6. The SMILES string of the molecule is COc1cc(OCCN(CCCF)C(=O)OC(C)(C)C)ncc1C1c2[nH]c3ccccc3c2CCN1CC(F)F. The van der Waals surface area contributed by atoms with E-state index >= 15 is 0 Å². The number of benzene rings is 1. The number of nitrogens with zero attached hydrogens (tertiary/aromatic N) is 3. The van der Waals surface area contributed by atoms with Crippen molar-refractivity contribution in [2.75, 3.05) is 46.6 Å². The van der Waals surface area contributed by atoms with Gasteiger partial charge in [0.25, 0.3) is 6.43 Å². The molecule has 0 radical (unpaired) electrons. The van der Waals surface area contributed by atoms with E-state index in [0.717, 1.165) is 22.2 Å². The molecule has 11 heteroatoms. The molecule has 0 saturated heterocycles. The zero-order valence-electron chi connectivity index (χ0n) is 23.4. The minimum Gasteiger partial charge on any atom is -0.496 e. The molecule has 218 valence electrons. The van der Waals surface area contributed by atoms with E-state index < -0.39 is 30.8 Å². The molecule has 3 aromatic rings. The Labute approximate surface area is 232 Å². The number of aromatic nitrogens is 2. The van der Waals surface area contributed by atoms with E-state index in [9.17, 15) is 18.0 Å². The highest BCUT2D eigenvalue weighted by Gasteiger charge is 2.35. The summed E-state index contributed by atoms with van der Waals surface area (Å²) in [6.45, 7) is 5.27. The zero-order chi connectivity index (χ0) is 28.9. The average Bonchev–Trinajstić information content (AvgIpc) is 3.28. The quantitative estimate of drug-likeness (QED) is 0.320. The van der Waals surface area contributed by atoms with Crippen LogP contribution in [0.4, 0.5) is 18.0 Å². The van der Waals surface area contributed by atoms with Gasteiger partial charge in [0.2, 0.25) is 5.88 Å². The summed E-state index contributed by atoms with van der Waals surface area (Å²) in [6, 6.07) is 9.02. The molecule has 0 aliphatic carbocycles. The van der Waals surface area contributed by atoms with Crippen molar-refractivity contribution >= 4 is 17.0 Å². The summed E-state index contributed by atoms with van der Waals surface area (Å²) in [5.74, 6) is 0.700. The number of ether oxygens (including phenoxy) is 3. The molecule has 8 nitrogen and oxygen atoms in total. The molecule has 0 saturated carbocycles. The van der Waals surface area contributed by atoms with E-state index in [1.807, 2.05) is 24.3 Å². The first kappa shape index (κ1) is 29.5. The molecule has 1 amide bonds. The Kier molecular flexibility index (Phi) is 9.44. The molecule has 40 heavy (non-hydrogen) atoms. The van der Waals surface area contributed by atoms with Crippen LogP contribution in [0.5, 0.6) is 11.6 Å². The van der Waals surface area contributed by atoms with Crippen LogP contribution >= 0.6 is 0 Å². The molecule has 0 bridgehead atoms. The number of halogens is 3. The Morgan fingerprint density at radius 2 is 2.02 bits per heavy atom. The summed E-state index contributed by atoms with van der Waals surface area (Å²) >= 11 is 0. The molecule has 3 heterocycles. The number of methoxy groups -OCH3 is 1. The van der Waals surface area contributed by atoms with Crippen molar-refractivity contribution in [1.29, 1.82) is 0 Å². The van der Waals surface area contributed by atoms with E-state index in [1.54, 1.807) is 37.9 Å². The summed E-state index contributed by atoms with van der Waals surface area (Å²) in [5.41, 5.74) is 2.86. The number of amides is 1. The second-order valence-electron chi connectivity index (χ2n) is 10.7. The third-order valence-corrected chi connectivity index (χ3v) is 6.72. The number of fused-ring (bicyclic) bond motifs is 3. The molecule has 0 fully saturated rings. The van der Waals surface area contributed by atoms with Gasteiger partial charge in [0.15, 0.2) is 0 Å². The molecule has 1 aliphatic rings. The lowest BCUT2D eigenvalue weighted by molar-refractivity contribution is 0.0220. The summed E-state index contributed by atoms with van der Waals surface area (Å²) in [4.78, 5) is 23.6. The van der Waals surface area contributed by atoms with Gasteiger partial charge in [-0.05, 0) is 45.2 Å². The highest BCUT2D eigenvalue weighted by molar-refractivity contribution is 5.85. The number of alkyl halides is 3. The standard InChI is InChI=1S/C29H37F3N4O4/c1-29(2,3)40-28(37)35(12-7-11-30)14-15-39-25-16-23(38-4)21(17-33-25)27-26-20(10-13-36(27)18-24(31)32)19-8-5-6-9-22(19)34-26/h5-6,8-9,16-17,24,27,34H,7,10-15,18H2,1-4H3. The number of aromatic amines is 1. The number of nitrogens with one attached hydrogen (secondary N) is 1. The van der Waals surface area contributed by atoms with Crippen LogP contribution in [0, 0.1) is 0 Å². The maximum absolute atomic E-state index is 13.6. The fraction of sp³-hybridized carbons (Fsp3) is 0.517. The normalized spacial score (nSPS) is 15.8. The lowest BCUT2D eigenvalue weighted by Gasteiger charge is -2.36. The monoisotopic (exact) mass is 562 g/mol. The number of para-hydroxylation sites is 1. The second kappa shape index (κ2) is 12.8. The van der Waals surface area contributed by atoms with Crippen molar-refractivity contribution in [3.63, 3.8) is 0 Å². The zero-order valence-corrected chi connectivity index (χ0v) is 23.4. The molecule has 2 aromatic heterocycles. The minimum atomic E-state index is -2.50. The van der Waals surface area contributed by atoms with Crippen LogP contribution in [0.15, 0.2) is 36.5 Å². The fourth-order valence-electron chi connectivity index (χ4n) is 5.04. The Bertz CT molecular complexity index is 1290. The molecule has 1 aliphatic heterocycles. The van der Waals surface area contributed by atoms with Crippen molar-refractivity contribution < 1.29 is 32.2 Å². The first-order valence-electron chi connectivity index (χ1n) is 13.4. The average molecular weight is 563 g/mol. The molecule has 1 N–H and O–H groups in total. The van der Waals surface area contributed by atoms with Crippen LogP contribution < -0.4 is 9.47 Å². The molecular formula is C29H37F3N4O4. The Hall–Kier alpha value is -3.47. The molecular weight excluding hydrogens is 525 g/mol. The van der Waals surface area contributed by atoms with E-state index in [-0.39, 0.29) is 38.5 Å². The summed E-state index contributed by atoms with van der Waals surface area (Å²) in [7, 11) is 1.51. The number of hydrogen-bond acceptors (Lipinski definition) is 6. The van der Waals surface area contributed by atoms with E-state index in [0.29, 0.717) is 24.3 Å². The van der Waals surface area contributed by atoms with Crippen molar-refractivity contribution in [2.24, 2.45) is 0 Å². The largest absolute Gasteiger partial charge is 0.496 e. The second-order valence-corrected chi connectivity index (χ2v) is 10.7. The van der Waals surface area contributed by atoms with Gasteiger partial charge >= 0.3 is 6.09 Å². The Morgan fingerprint density at radius 3 is 2.73 bits per heavy atom. The van der Waals surface area contributed by atoms with Crippen LogP contribution in [0.1, 0.15) is 50.1 Å². The van der Waals surface area contributed by atoms with Crippen LogP contribution in [0.3, 0.4) is 0 Å².